The SMILES string of the molecule is CN=C(NCC1CCCOC1c1ccccc1)N(C)Cc1ccc(OC)cc1.I. The Morgan fingerprint density at radius 3 is 2.55 bits per heavy atom. The fraction of sp³-hybridized carbons (Fsp3) is 0.435. The summed E-state index contributed by atoms with van der Waals surface area (Å²) in [7, 11) is 5.58. The van der Waals surface area contributed by atoms with Gasteiger partial charge in [0.05, 0.1) is 13.2 Å². The van der Waals surface area contributed by atoms with Crippen molar-refractivity contribution in [3.05, 3.63) is 65.7 Å². The second-order valence-electron chi connectivity index (χ2n) is 7.24. The number of methoxy groups -OCH3 is 1. The monoisotopic (exact) mass is 509 g/mol. The minimum atomic E-state index is 0. The fourth-order valence-corrected chi connectivity index (χ4v) is 3.75. The van der Waals surface area contributed by atoms with E-state index in [1.165, 1.54) is 11.1 Å². The predicted molar refractivity (Wildman–Crippen MR) is 129 cm³/mol. The van der Waals surface area contributed by atoms with Gasteiger partial charge >= 0.3 is 0 Å². The Morgan fingerprint density at radius 2 is 1.90 bits per heavy atom. The van der Waals surface area contributed by atoms with Gasteiger partial charge in [0.25, 0.3) is 0 Å². The molecular formula is C23H32IN3O2. The van der Waals surface area contributed by atoms with Gasteiger partial charge < -0.3 is 19.7 Å². The molecule has 29 heavy (non-hydrogen) atoms. The Hall–Kier alpha value is -1.80. The Balaban J connectivity index is 0.00000300. The molecule has 1 heterocycles. The van der Waals surface area contributed by atoms with Crippen molar-refractivity contribution in [3.8, 4) is 5.75 Å². The summed E-state index contributed by atoms with van der Waals surface area (Å²) in [6.07, 6.45) is 2.41. The minimum absolute atomic E-state index is 0. The summed E-state index contributed by atoms with van der Waals surface area (Å²) < 4.78 is 11.3. The third-order valence-corrected chi connectivity index (χ3v) is 5.25. The molecule has 1 aliphatic heterocycles. The van der Waals surface area contributed by atoms with Crippen LogP contribution in [-0.2, 0) is 11.3 Å². The number of ether oxygens (including phenoxy) is 2. The smallest absolute Gasteiger partial charge is 0.193 e. The van der Waals surface area contributed by atoms with E-state index in [2.05, 4.69) is 64.7 Å². The number of halogens is 1. The van der Waals surface area contributed by atoms with Crippen LogP contribution in [0.25, 0.3) is 0 Å². The van der Waals surface area contributed by atoms with Gasteiger partial charge in [-0.2, -0.15) is 0 Å². The summed E-state index contributed by atoms with van der Waals surface area (Å²) in [6, 6.07) is 18.7. The Kier molecular flexibility index (Phi) is 9.73. The van der Waals surface area contributed by atoms with Crippen LogP contribution in [0.5, 0.6) is 5.75 Å². The summed E-state index contributed by atoms with van der Waals surface area (Å²) in [5, 5.41) is 3.55. The van der Waals surface area contributed by atoms with Gasteiger partial charge in [0, 0.05) is 39.7 Å². The van der Waals surface area contributed by atoms with Crippen LogP contribution in [0.4, 0.5) is 0 Å². The van der Waals surface area contributed by atoms with Crippen molar-refractivity contribution >= 4 is 29.9 Å². The molecule has 1 N–H and O–H groups in total. The molecule has 0 spiro atoms. The maximum atomic E-state index is 6.12. The third kappa shape index (κ3) is 6.60. The molecule has 3 rings (SSSR count). The number of nitrogens with zero attached hydrogens (tertiary/aromatic N) is 2. The van der Waals surface area contributed by atoms with E-state index in [4.69, 9.17) is 9.47 Å². The van der Waals surface area contributed by atoms with Crippen molar-refractivity contribution in [1.82, 2.24) is 10.2 Å². The number of aliphatic imine (C=N–C) groups is 1. The average molecular weight is 509 g/mol. The van der Waals surface area contributed by atoms with Gasteiger partial charge in [0.15, 0.2) is 5.96 Å². The molecule has 2 atom stereocenters. The van der Waals surface area contributed by atoms with E-state index < -0.39 is 0 Å². The minimum Gasteiger partial charge on any atom is -0.497 e. The van der Waals surface area contributed by atoms with Crippen LogP contribution in [0.3, 0.4) is 0 Å². The quantitative estimate of drug-likeness (QED) is 0.354. The molecule has 0 aliphatic carbocycles. The van der Waals surface area contributed by atoms with Crippen LogP contribution in [0.15, 0.2) is 59.6 Å². The highest BCUT2D eigenvalue weighted by atomic mass is 127. The van der Waals surface area contributed by atoms with Gasteiger partial charge in [0.1, 0.15) is 5.75 Å². The first-order valence-corrected chi connectivity index (χ1v) is 9.92. The molecule has 2 aromatic carbocycles. The van der Waals surface area contributed by atoms with Crippen LogP contribution in [0, 0.1) is 5.92 Å². The van der Waals surface area contributed by atoms with Crippen molar-refractivity contribution in [3.63, 3.8) is 0 Å². The normalized spacial score (nSPS) is 19.2. The lowest BCUT2D eigenvalue weighted by atomic mass is 9.89. The van der Waals surface area contributed by atoms with Gasteiger partial charge in [-0.25, -0.2) is 0 Å². The van der Waals surface area contributed by atoms with Crippen molar-refractivity contribution in [2.45, 2.75) is 25.5 Å². The molecule has 2 unspecified atom stereocenters. The highest BCUT2D eigenvalue weighted by Crippen LogP contribution is 2.33. The van der Waals surface area contributed by atoms with Gasteiger partial charge in [-0.05, 0) is 36.1 Å². The molecule has 6 heteroatoms. The molecule has 1 saturated heterocycles. The summed E-state index contributed by atoms with van der Waals surface area (Å²) in [5.41, 5.74) is 2.48. The van der Waals surface area contributed by atoms with E-state index in [1.54, 1.807) is 7.11 Å². The Morgan fingerprint density at radius 1 is 1.17 bits per heavy atom. The Bertz CT molecular complexity index is 752. The van der Waals surface area contributed by atoms with Crippen LogP contribution in [0.1, 0.15) is 30.1 Å². The van der Waals surface area contributed by atoms with E-state index in [1.807, 2.05) is 19.2 Å². The summed E-state index contributed by atoms with van der Waals surface area (Å²) >= 11 is 0. The predicted octanol–water partition coefficient (Wildman–Crippen LogP) is 4.49. The van der Waals surface area contributed by atoms with E-state index in [0.717, 1.165) is 44.2 Å². The number of nitrogens with one attached hydrogen (secondary N) is 1. The molecule has 0 radical (unpaired) electrons. The van der Waals surface area contributed by atoms with Crippen molar-refractivity contribution < 1.29 is 9.47 Å². The molecule has 0 saturated carbocycles. The molecule has 5 nitrogen and oxygen atoms in total. The van der Waals surface area contributed by atoms with Gasteiger partial charge in [-0.3, -0.25) is 4.99 Å². The lowest BCUT2D eigenvalue weighted by molar-refractivity contribution is -0.0266. The number of hydrogen-bond donors (Lipinski definition) is 1. The fourth-order valence-electron chi connectivity index (χ4n) is 3.75. The maximum absolute atomic E-state index is 6.12. The molecule has 0 aromatic heterocycles. The first kappa shape index (κ1) is 23.5. The molecule has 0 amide bonds. The molecular weight excluding hydrogens is 477 g/mol. The number of hydrogen-bond acceptors (Lipinski definition) is 3. The maximum Gasteiger partial charge on any atom is 0.193 e. The van der Waals surface area contributed by atoms with Crippen molar-refractivity contribution in [1.29, 1.82) is 0 Å². The zero-order chi connectivity index (χ0) is 19.8. The lowest BCUT2D eigenvalue weighted by Crippen LogP contribution is -2.42. The topological polar surface area (TPSA) is 46.1 Å². The molecule has 158 valence electrons. The molecule has 1 fully saturated rings. The number of guanidine groups is 1. The van der Waals surface area contributed by atoms with Crippen LogP contribution < -0.4 is 10.1 Å². The second kappa shape index (κ2) is 12.0. The highest BCUT2D eigenvalue weighted by Gasteiger charge is 2.27. The summed E-state index contributed by atoms with van der Waals surface area (Å²) in [4.78, 5) is 6.61. The number of rotatable bonds is 6. The third-order valence-electron chi connectivity index (χ3n) is 5.25. The van der Waals surface area contributed by atoms with Crippen molar-refractivity contribution in [2.24, 2.45) is 10.9 Å². The Labute approximate surface area is 191 Å². The van der Waals surface area contributed by atoms with E-state index >= 15 is 0 Å². The molecule has 0 bridgehead atoms. The van der Waals surface area contributed by atoms with Crippen LogP contribution in [0.2, 0.25) is 0 Å². The number of benzene rings is 2. The zero-order valence-electron chi connectivity index (χ0n) is 17.5. The van der Waals surface area contributed by atoms with Gasteiger partial charge in [0.2, 0.25) is 0 Å². The summed E-state index contributed by atoms with van der Waals surface area (Å²) in [6.45, 7) is 2.47. The first-order chi connectivity index (χ1) is 13.7. The van der Waals surface area contributed by atoms with E-state index in [9.17, 15) is 0 Å². The van der Waals surface area contributed by atoms with E-state index in [-0.39, 0.29) is 30.1 Å². The highest BCUT2D eigenvalue weighted by molar-refractivity contribution is 14.0. The average Bonchev–Trinajstić information content (AvgIpc) is 2.75. The van der Waals surface area contributed by atoms with Gasteiger partial charge in [-0.15, -0.1) is 24.0 Å². The standard InChI is InChI=1S/C23H31N3O2.HI/c1-24-23(26(2)17-18-11-13-21(27-3)14-12-18)25-16-20-10-7-15-28-22(20)19-8-5-4-6-9-19;/h4-6,8-9,11-14,20,22H,7,10,15-17H2,1-3H3,(H,24,25);1H. The van der Waals surface area contributed by atoms with Crippen LogP contribution >= 0.6 is 24.0 Å². The van der Waals surface area contributed by atoms with E-state index in [0.29, 0.717) is 5.92 Å². The second-order valence-corrected chi connectivity index (χ2v) is 7.24. The molecule has 2 aromatic rings. The summed E-state index contributed by atoms with van der Waals surface area (Å²) in [5.74, 6) is 2.20. The first-order valence-electron chi connectivity index (χ1n) is 9.92. The lowest BCUT2D eigenvalue weighted by Gasteiger charge is -2.33. The van der Waals surface area contributed by atoms with Crippen molar-refractivity contribution in [2.75, 3.05) is 34.4 Å². The van der Waals surface area contributed by atoms with Gasteiger partial charge in [-0.1, -0.05) is 42.5 Å². The molecule has 1 aliphatic rings. The largest absolute Gasteiger partial charge is 0.497 e. The zero-order valence-corrected chi connectivity index (χ0v) is 19.8. The van der Waals surface area contributed by atoms with Crippen LogP contribution in [-0.4, -0.2) is 45.2 Å².